The summed E-state index contributed by atoms with van der Waals surface area (Å²) in [5.74, 6) is -1.07. The first-order chi connectivity index (χ1) is 13.8. The van der Waals surface area contributed by atoms with Gasteiger partial charge in [0.15, 0.2) is 6.61 Å². The first kappa shape index (κ1) is 21.4. The summed E-state index contributed by atoms with van der Waals surface area (Å²) in [6.45, 7) is 2.23. The molecule has 0 spiro atoms. The third-order valence-corrected chi connectivity index (χ3v) is 7.17. The molecule has 1 heterocycles. The molecule has 1 aliphatic heterocycles. The molecule has 1 N–H and O–H groups in total. The molecule has 1 aliphatic rings. The van der Waals surface area contributed by atoms with E-state index < -0.39 is 22.6 Å². The number of nitrogens with zero attached hydrogens (tertiary/aromatic N) is 1. The van der Waals surface area contributed by atoms with Crippen LogP contribution < -0.4 is 9.62 Å². The number of carbonyl (C=O) groups is 2. The lowest BCUT2D eigenvalue weighted by Gasteiger charge is -2.22. The summed E-state index contributed by atoms with van der Waals surface area (Å²) in [5.41, 5.74) is 0.875. The van der Waals surface area contributed by atoms with Crippen LogP contribution in [0, 0.1) is 0 Å². The molecule has 29 heavy (non-hydrogen) atoms. The quantitative estimate of drug-likeness (QED) is 0.728. The van der Waals surface area contributed by atoms with Crippen molar-refractivity contribution in [3.05, 3.63) is 54.1 Å². The largest absolute Gasteiger partial charge is 0.452 e. The Balaban J connectivity index is 1.71. The topological polar surface area (TPSA) is 92.8 Å². The summed E-state index contributed by atoms with van der Waals surface area (Å²) in [6.07, 6.45) is 0.822. The number of para-hydroxylation sites is 1. The number of esters is 1. The van der Waals surface area contributed by atoms with Crippen LogP contribution in [-0.2, 0) is 19.6 Å². The number of benzene rings is 2. The maximum Gasteiger partial charge on any atom is 0.338 e. The lowest BCUT2D eigenvalue weighted by Crippen LogP contribution is -2.35. The van der Waals surface area contributed by atoms with Gasteiger partial charge < -0.3 is 9.64 Å². The zero-order valence-corrected chi connectivity index (χ0v) is 17.8. The van der Waals surface area contributed by atoms with E-state index in [0.717, 1.165) is 17.0 Å². The monoisotopic (exact) mass is 434 g/mol. The van der Waals surface area contributed by atoms with Gasteiger partial charge in [0.2, 0.25) is 10.0 Å². The number of sulfonamides is 1. The number of amides is 1. The normalized spacial score (nSPS) is 16.6. The zero-order valence-electron chi connectivity index (χ0n) is 16.1. The molecule has 2 aromatic rings. The minimum absolute atomic E-state index is 0.0479. The van der Waals surface area contributed by atoms with Gasteiger partial charge in [0, 0.05) is 16.7 Å². The van der Waals surface area contributed by atoms with Gasteiger partial charge in [0.05, 0.1) is 16.1 Å². The lowest BCUT2D eigenvalue weighted by atomic mass is 10.2. The van der Waals surface area contributed by atoms with Gasteiger partial charge in [-0.05, 0) is 43.8 Å². The van der Waals surface area contributed by atoms with Gasteiger partial charge >= 0.3 is 5.97 Å². The van der Waals surface area contributed by atoms with E-state index in [0.29, 0.717) is 11.8 Å². The van der Waals surface area contributed by atoms with Crippen molar-refractivity contribution in [2.75, 3.05) is 25.1 Å². The van der Waals surface area contributed by atoms with E-state index in [1.54, 1.807) is 16.7 Å². The highest BCUT2D eigenvalue weighted by atomic mass is 32.2. The fourth-order valence-electron chi connectivity index (χ4n) is 2.94. The molecule has 3 rings (SSSR count). The standard InChI is InChI=1S/C20H22N2O5S2/c1-14-10-11-22(17-8-3-4-9-18(17)28-14)19(23)13-27-20(24)15-6-5-7-16(12-15)29(25,26)21-2/h3-9,12,14,21H,10-11,13H2,1-2H3. The Morgan fingerprint density at radius 1 is 1.21 bits per heavy atom. The summed E-state index contributed by atoms with van der Waals surface area (Å²) in [4.78, 5) is 27.7. The van der Waals surface area contributed by atoms with Crippen LogP contribution in [-0.4, -0.2) is 45.7 Å². The fraction of sp³-hybridized carbons (Fsp3) is 0.300. The number of anilines is 1. The Bertz CT molecular complexity index is 1020. The van der Waals surface area contributed by atoms with Gasteiger partial charge in [0.1, 0.15) is 0 Å². The summed E-state index contributed by atoms with van der Waals surface area (Å²) < 4.78 is 31.2. The maximum absolute atomic E-state index is 12.8. The number of hydrogen-bond acceptors (Lipinski definition) is 6. The van der Waals surface area contributed by atoms with Crippen LogP contribution in [0.2, 0.25) is 0 Å². The first-order valence-corrected chi connectivity index (χ1v) is 11.4. The molecular weight excluding hydrogens is 412 g/mol. The fourth-order valence-corrected chi connectivity index (χ4v) is 4.83. The Hall–Kier alpha value is -2.36. The molecule has 154 valence electrons. The molecule has 0 aromatic heterocycles. The average Bonchev–Trinajstić information content (AvgIpc) is 2.90. The molecular formula is C20H22N2O5S2. The van der Waals surface area contributed by atoms with Gasteiger partial charge in [-0.2, -0.15) is 0 Å². The number of rotatable bonds is 5. The molecule has 1 amide bonds. The van der Waals surface area contributed by atoms with E-state index in [1.807, 2.05) is 24.3 Å². The van der Waals surface area contributed by atoms with Crippen molar-refractivity contribution in [3.8, 4) is 0 Å². The second-order valence-corrected chi connectivity index (χ2v) is 9.91. The smallest absolute Gasteiger partial charge is 0.338 e. The number of hydrogen-bond donors (Lipinski definition) is 1. The molecule has 2 aromatic carbocycles. The van der Waals surface area contributed by atoms with E-state index in [-0.39, 0.29) is 16.4 Å². The second-order valence-electron chi connectivity index (χ2n) is 6.54. The van der Waals surface area contributed by atoms with Crippen molar-refractivity contribution >= 4 is 39.3 Å². The summed E-state index contributed by atoms with van der Waals surface area (Å²) in [5, 5.41) is 0.369. The van der Waals surface area contributed by atoms with Gasteiger partial charge in [-0.1, -0.05) is 25.1 Å². The van der Waals surface area contributed by atoms with E-state index in [4.69, 9.17) is 4.74 Å². The van der Waals surface area contributed by atoms with Crippen LogP contribution in [0.25, 0.3) is 0 Å². The highest BCUT2D eigenvalue weighted by molar-refractivity contribution is 8.00. The highest BCUT2D eigenvalue weighted by Gasteiger charge is 2.25. The average molecular weight is 435 g/mol. The number of nitrogens with one attached hydrogen (secondary N) is 1. The Labute approximate surface area is 174 Å². The minimum Gasteiger partial charge on any atom is -0.452 e. The van der Waals surface area contributed by atoms with Crippen molar-refractivity contribution in [3.63, 3.8) is 0 Å². The summed E-state index contributed by atoms with van der Waals surface area (Å²) in [7, 11) is -2.39. The third-order valence-electron chi connectivity index (χ3n) is 4.52. The van der Waals surface area contributed by atoms with Gasteiger partial charge in [0.25, 0.3) is 5.91 Å². The van der Waals surface area contributed by atoms with Gasteiger partial charge in [-0.25, -0.2) is 17.9 Å². The molecule has 0 aliphatic carbocycles. The van der Waals surface area contributed by atoms with Crippen LogP contribution in [0.4, 0.5) is 5.69 Å². The minimum atomic E-state index is -3.68. The van der Waals surface area contributed by atoms with Crippen molar-refractivity contribution in [2.24, 2.45) is 0 Å². The van der Waals surface area contributed by atoms with Crippen LogP contribution in [0.5, 0.6) is 0 Å². The number of ether oxygens (including phenoxy) is 1. The highest BCUT2D eigenvalue weighted by Crippen LogP contribution is 2.37. The lowest BCUT2D eigenvalue weighted by molar-refractivity contribution is -0.121. The molecule has 1 atom stereocenters. The van der Waals surface area contributed by atoms with Crippen LogP contribution in [0.15, 0.2) is 58.3 Å². The molecule has 7 nitrogen and oxygen atoms in total. The molecule has 0 fully saturated rings. The molecule has 0 saturated carbocycles. The Kier molecular flexibility index (Phi) is 6.61. The maximum atomic E-state index is 12.8. The van der Waals surface area contributed by atoms with E-state index in [1.165, 1.54) is 31.3 Å². The third kappa shape index (κ3) is 4.98. The molecule has 0 bridgehead atoms. The first-order valence-electron chi connectivity index (χ1n) is 9.08. The van der Waals surface area contributed by atoms with Crippen LogP contribution in [0.1, 0.15) is 23.7 Å². The van der Waals surface area contributed by atoms with E-state index in [9.17, 15) is 18.0 Å². The number of carbonyl (C=O) groups excluding carboxylic acids is 2. The molecule has 9 heteroatoms. The predicted molar refractivity (Wildman–Crippen MR) is 112 cm³/mol. The van der Waals surface area contributed by atoms with E-state index in [2.05, 4.69) is 11.6 Å². The second kappa shape index (κ2) is 8.98. The van der Waals surface area contributed by atoms with Crippen molar-refractivity contribution in [1.82, 2.24) is 4.72 Å². The van der Waals surface area contributed by atoms with Crippen molar-refractivity contribution in [2.45, 2.75) is 28.4 Å². The summed E-state index contributed by atoms with van der Waals surface area (Å²) in [6, 6.07) is 13.1. The van der Waals surface area contributed by atoms with Crippen LogP contribution in [0.3, 0.4) is 0 Å². The van der Waals surface area contributed by atoms with Gasteiger partial charge in [-0.15, -0.1) is 11.8 Å². The van der Waals surface area contributed by atoms with Gasteiger partial charge in [-0.3, -0.25) is 4.79 Å². The SMILES string of the molecule is CNS(=O)(=O)c1cccc(C(=O)OCC(=O)N2CCC(C)Sc3ccccc32)c1. The van der Waals surface area contributed by atoms with Crippen LogP contribution >= 0.6 is 11.8 Å². The number of thioether (sulfide) groups is 1. The molecule has 0 saturated heterocycles. The summed E-state index contributed by atoms with van der Waals surface area (Å²) >= 11 is 1.72. The molecule has 0 radical (unpaired) electrons. The Morgan fingerprint density at radius 3 is 2.72 bits per heavy atom. The van der Waals surface area contributed by atoms with Crippen molar-refractivity contribution in [1.29, 1.82) is 0 Å². The predicted octanol–water partition coefficient (Wildman–Crippen LogP) is 2.67. The van der Waals surface area contributed by atoms with Crippen molar-refractivity contribution < 1.29 is 22.7 Å². The molecule has 1 unspecified atom stereocenters. The number of fused-ring (bicyclic) bond motifs is 1. The zero-order chi connectivity index (χ0) is 21.0. The Morgan fingerprint density at radius 2 is 1.97 bits per heavy atom. The van der Waals surface area contributed by atoms with E-state index >= 15 is 0 Å².